The molecule has 1 nitrogen and oxygen atoms in total. The van der Waals surface area contributed by atoms with Crippen molar-refractivity contribution in [2.45, 2.75) is 46.0 Å². The number of hydrogen-bond donors (Lipinski definition) is 1. The largest absolute Gasteiger partial charge is 0.399 e. The van der Waals surface area contributed by atoms with Gasteiger partial charge in [-0.15, -0.1) is 0 Å². The monoisotopic (exact) mass is 217 g/mol. The summed E-state index contributed by atoms with van der Waals surface area (Å²) in [7, 11) is 0. The van der Waals surface area contributed by atoms with Gasteiger partial charge in [-0.3, -0.25) is 0 Å². The van der Waals surface area contributed by atoms with Gasteiger partial charge in [0.2, 0.25) is 0 Å². The topological polar surface area (TPSA) is 26.0 Å². The van der Waals surface area contributed by atoms with E-state index in [-0.39, 0.29) is 0 Å². The van der Waals surface area contributed by atoms with E-state index in [1.807, 2.05) is 12.1 Å². The van der Waals surface area contributed by atoms with Crippen LogP contribution in [0.2, 0.25) is 0 Å². The average Bonchev–Trinajstić information content (AvgIpc) is 2.20. The van der Waals surface area contributed by atoms with Crippen LogP contribution in [0.25, 0.3) is 0 Å². The fourth-order valence-corrected chi connectivity index (χ4v) is 3.06. The summed E-state index contributed by atoms with van der Waals surface area (Å²) in [4.78, 5) is 0. The Morgan fingerprint density at radius 3 is 2.75 bits per heavy atom. The first-order valence-electron chi connectivity index (χ1n) is 6.40. The molecule has 0 heterocycles. The lowest BCUT2D eigenvalue weighted by atomic mass is 9.70. The number of para-hydroxylation sites is 1. The molecule has 16 heavy (non-hydrogen) atoms. The molecule has 1 fully saturated rings. The number of hydrogen-bond acceptors (Lipinski definition) is 1. The van der Waals surface area contributed by atoms with Crippen LogP contribution < -0.4 is 5.73 Å². The zero-order valence-electron chi connectivity index (χ0n) is 10.5. The maximum Gasteiger partial charge on any atom is 0.0346 e. The van der Waals surface area contributed by atoms with Gasteiger partial charge in [-0.1, -0.05) is 44.9 Å². The highest BCUT2D eigenvalue weighted by atomic mass is 14.6. The smallest absolute Gasteiger partial charge is 0.0346 e. The Labute approximate surface area is 99.0 Å². The van der Waals surface area contributed by atoms with E-state index in [1.165, 1.54) is 31.2 Å². The Morgan fingerprint density at radius 1 is 1.31 bits per heavy atom. The number of anilines is 1. The first-order valence-corrected chi connectivity index (χ1v) is 6.40. The fourth-order valence-electron chi connectivity index (χ4n) is 3.06. The maximum atomic E-state index is 6.01. The van der Waals surface area contributed by atoms with E-state index in [2.05, 4.69) is 26.0 Å². The van der Waals surface area contributed by atoms with Crippen LogP contribution in [0.3, 0.4) is 0 Å². The summed E-state index contributed by atoms with van der Waals surface area (Å²) in [5.74, 6) is 0.827. The minimum atomic E-state index is 0.534. The molecule has 1 aliphatic carbocycles. The molecular weight excluding hydrogens is 194 g/mol. The van der Waals surface area contributed by atoms with E-state index < -0.39 is 0 Å². The molecule has 1 aliphatic rings. The molecule has 0 bridgehead atoms. The van der Waals surface area contributed by atoms with E-state index in [1.54, 1.807) is 0 Å². The molecule has 0 aliphatic heterocycles. The second-order valence-electron chi connectivity index (χ2n) is 6.03. The van der Waals surface area contributed by atoms with Gasteiger partial charge < -0.3 is 5.73 Å². The minimum absolute atomic E-state index is 0.534. The van der Waals surface area contributed by atoms with Gasteiger partial charge in [0, 0.05) is 5.69 Å². The zero-order chi connectivity index (χ0) is 11.6. The van der Waals surface area contributed by atoms with Gasteiger partial charge in [0.15, 0.2) is 0 Å². The normalized spacial score (nSPS) is 24.2. The Bertz CT molecular complexity index is 354. The van der Waals surface area contributed by atoms with Crippen molar-refractivity contribution in [3.05, 3.63) is 29.8 Å². The Hall–Kier alpha value is -0.980. The van der Waals surface area contributed by atoms with Gasteiger partial charge >= 0.3 is 0 Å². The summed E-state index contributed by atoms with van der Waals surface area (Å²) in [6.07, 6.45) is 6.65. The maximum absolute atomic E-state index is 6.01. The van der Waals surface area contributed by atoms with Gasteiger partial charge in [0.1, 0.15) is 0 Å². The third-order valence-corrected chi connectivity index (χ3v) is 3.87. The first kappa shape index (κ1) is 11.5. The molecule has 1 aromatic rings. The standard InChI is InChI=1S/C15H23N/c1-15(2)9-5-6-12(11-15)10-13-7-3-4-8-14(13)16/h3-4,7-8,12H,5-6,9-11,16H2,1-2H3. The third-order valence-electron chi connectivity index (χ3n) is 3.87. The second kappa shape index (κ2) is 4.48. The van der Waals surface area contributed by atoms with Crippen molar-refractivity contribution in [3.63, 3.8) is 0 Å². The van der Waals surface area contributed by atoms with Crippen LogP contribution in [-0.2, 0) is 6.42 Å². The van der Waals surface area contributed by atoms with Gasteiger partial charge in [-0.05, 0) is 42.2 Å². The second-order valence-corrected chi connectivity index (χ2v) is 6.03. The predicted molar refractivity (Wildman–Crippen MR) is 70.3 cm³/mol. The molecule has 1 aromatic carbocycles. The lowest BCUT2D eigenvalue weighted by molar-refractivity contribution is 0.180. The first-order chi connectivity index (χ1) is 7.57. The molecule has 0 amide bonds. The summed E-state index contributed by atoms with van der Waals surface area (Å²) in [6, 6.07) is 8.31. The molecule has 2 rings (SSSR count). The highest BCUT2D eigenvalue weighted by Crippen LogP contribution is 2.40. The van der Waals surface area contributed by atoms with E-state index in [9.17, 15) is 0 Å². The molecule has 88 valence electrons. The summed E-state index contributed by atoms with van der Waals surface area (Å²) in [5, 5.41) is 0. The predicted octanol–water partition coefficient (Wildman–Crippen LogP) is 4.03. The van der Waals surface area contributed by atoms with E-state index in [4.69, 9.17) is 5.73 Å². The van der Waals surface area contributed by atoms with Crippen molar-refractivity contribution in [1.29, 1.82) is 0 Å². The van der Waals surface area contributed by atoms with Crippen molar-refractivity contribution in [3.8, 4) is 0 Å². The lowest BCUT2D eigenvalue weighted by Crippen LogP contribution is -2.24. The Balaban J connectivity index is 2.02. The van der Waals surface area contributed by atoms with Crippen LogP contribution in [0, 0.1) is 11.3 Å². The molecule has 0 aromatic heterocycles. The highest BCUT2D eigenvalue weighted by Gasteiger charge is 2.27. The quantitative estimate of drug-likeness (QED) is 0.744. The molecule has 0 spiro atoms. The van der Waals surface area contributed by atoms with E-state index >= 15 is 0 Å². The van der Waals surface area contributed by atoms with E-state index in [0.717, 1.165) is 18.0 Å². The van der Waals surface area contributed by atoms with Gasteiger partial charge in [0.25, 0.3) is 0 Å². The van der Waals surface area contributed by atoms with Crippen molar-refractivity contribution in [1.82, 2.24) is 0 Å². The molecule has 0 saturated heterocycles. The number of rotatable bonds is 2. The Kier molecular flexibility index (Phi) is 3.22. The average molecular weight is 217 g/mol. The molecule has 1 unspecified atom stereocenters. The molecule has 2 N–H and O–H groups in total. The van der Waals surface area contributed by atoms with Crippen LogP contribution in [-0.4, -0.2) is 0 Å². The highest BCUT2D eigenvalue weighted by molar-refractivity contribution is 5.46. The summed E-state index contributed by atoms with van der Waals surface area (Å²) < 4.78 is 0. The van der Waals surface area contributed by atoms with Crippen molar-refractivity contribution in [2.24, 2.45) is 11.3 Å². The third kappa shape index (κ3) is 2.78. The van der Waals surface area contributed by atoms with Crippen LogP contribution in [0.1, 0.15) is 45.1 Å². The minimum Gasteiger partial charge on any atom is -0.399 e. The SMILES string of the molecule is CC1(C)CCCC(Cc2ccccc2N)C1. The van der Waals surface area contributed by atoms with Crippen molar-refractivity contribution in [2.75, 3.05) is 5.73 Å². The molecular formula is C15H23N. The van der Waals surface area contributed by atoms with Gasteiger partial charge in [0.05, 0.1) is 0 Å². The summed E-state index contributed by atoms with van der Waals surface area (Å²) in [6.45, 7) is 4.79. The number of nitrogens with two attached hydrogens (primary N) is 1. The summed E-state index contributed by atoms with van der Waals surface area (Å²) in [5.41, 5.74) is 8.84. The number of nitrogen functional groups attached to an aromatic ring is 1. The number of benzene rings is 1. The van der Waals surface area contributed by atoms with Crippen molar-refractivity contribution >= 4 is 5.69 Å². The van der Waals surface area contributed by atoms with Crippen molar-refractivity contribution < 1.29 is 0 Å². The van der Waals surface area contributed by atoms with Crippen LogP contribution in [0.5, 0.6) is 0 Å². The van der Waals surface area contributed by atoms with E-state index in [0.29, 0.717) is 5.41 Å². The zero-order valence-corrected chi connectivity index (χ0v) is 10.5. The molecule has 1 atom stereocenters. The van der Waals surface area contributed by atoms with Crippen LogP contribution >= 0.6 is 0 Å². The fraction of sp³-hybridized carbons (Fsp3) is 0.600. The van der Waals surface area contributed by atoms with Gasteiger partial charge in [-0.2, -0.15) is 0 Å². The molecule has 1 heteroatoms. The van der Waals surface area contributed by atoms with Crippen LogP contribution in [0.15, 0.2) is 24.3 Å². The lowest BCUT2D eigenvalue weighted by Gasteiger charge is -2.35. The molecule has 0 radical (unpaired) electrons. The Morgan fingerprint density at radius 2 is 2.06 bits per heavy atom. The van der Waals surface area contributed by atoms with Crippen LogP contribution in [0.4, 0.5) is 5.69 Å². The summed E-state index contributed by atoms with van der Waals surface area (Å²) >= 11 is 0. The molecule has 1 saturated carbocycles. The van der Waals surface area contributed by atoms with Gasteiger partial charge in [-0.25, -0.2) is 0 Å².